The molecule has 0 aliphatic heterocycles. The van der Waals surface area contributed by atoms with E-state index < -0.39 is 131 Å². The van der Waals surface area contributed by atoms with E-state index in [4.69, 9.17) is 47.0 Å². The van der Waals surface area contributed by atoms with Crippen LogP contribution in [0.1, 0.15) is 180 Å². The lowest BCUT2D eigenvalue weighted by Gasteiger charge is -2.34. The van der Waals surface area contributed by atoms with Gasteiger partial charge in [0.1, 0.15) is 29.3 Å². The molecule has 0 aliphatic rings. The molecule has 0 spiro atoms. The molecule has 0 saturated heterocycles. The minimum Gasteiger partial charge on any atom is -0.478 e. The highest BCUT2D eigenvalue weighted by Crippen LogP contribution is 2.48. The average molecular weight is 1600 g/mol. The number of carbonyl (C=O) groups excluding carboxylic acids is 12. The SMILES string of the molecule is C.C.C.C/C=C/C(C)(C)C(OC(=O)N(C)C)C(=O)OC(C)(C)C.CCOP(=O)(CC(=O)N(C)C)OCC.CN(C)C(=O)/C=C/CC(C)(C)C(OC(=O)N(C)C)C(=O)O.CN(C)C(=O)/C=C/CC(C)(C)C(OC(=O)N(C)C)C(=O)OC(C)(C)C.CN(C)C(=O)OC(C(=O)OC(C)(C)C)C(C)(C)CC=O.O=CC(F)(F)F. The molecule has 4 atom stereocenters. The van der Waals surface area contributed by atoms with Gasteiger partial charge in [-0.2, -0.15) is 13.2 Å². The van der Waals surface area contributed by atoms with Gasteiger partial charge in [0.05, 0.1) is 13.2 Å². The standard InChI is InChI=1S/C18H32N2O5.C15H27NO4.C14H24N2O5.C14H25NO5.C8H18NO4P.C2HF3O.3CH4/c1-17(2,3)25-15(22)14(24-16(23)20(8)9)18(4,5)12-10-11-13(21)19(6)7;1-9-10-15(5,6)11(19-13(18)16(7)8)12(17)20-14(2,3)4;1-14(2,9-7-8-10(17)15(3)4)11(12(18)19)21-13(20)16(5)6;1-13(2,3)20-11(17)10(14(4,5)8-9-16)19-12(18)15(6)7;1-5-12-14(11,13-6-2)7-8(10)9(3)4;3-2(4,5)1-6;;;/h10-11,14H,12H2,1-9H3;9-11H,1-8H3;7-8,11H,9H2,1-6H3,(H,18,19);9-10H,8H2,1-7H3;5-7H2,1-4H3;1H;3*1H4/b11-10+;10-9+;8-7+;;;;;;. The number of halogens is 3. The van der Waals surface area contributed by atoms with Crippen molar-refractivity contribution in [1.82, 2.24) is 34.3 Å². The molecule has 0 rings (SSSR count). The van der Waals surface area contributed by atoms with Crippen molar-refractivity contribution in [3.63, 3.8) is 0 Å². The second kappa shape index (κ2) is 53.7. The number of likely N-dealkylation sites (N-methyl/N-ethyl adjacent to an activating group) is 2. The van der Waals surface area contributed by atoms with Crippen molar-refractivity contribution in [2.24, 2.45) is 21.7 Å². The van der Waals surface area contributed by atoms with Crippen molar-refractivity contribution in [2.45, 2.75) is 227 Å². The molecule has 0 heterocycles. The smallest absolute Gasteiger partial charge is 0.446 e. The minimum absolute atomic E-state index is 0. The Morgan fingerprint density at radius 1 is 0.422 bits per heavy atom. The summed E-state index contributed by atoms with van der Waals surface area (Å²) in [6.07, 6.45) is -1.87. The largest absolute Gasteiger partial charge is 0.478 e. The Morgan fingerprint density at radius 3 is 0.899 bits per heavy atom. The summed E-state index contributed by atoms with van der Waals surface area (Å²) in [4.78, 5) is 158. The zero-order valence-corrected chi connectivity index (χ0v) is 70.1. The third-order valence-corrected chi connectivity index (χ3v) is 14.7. The fourth-order valence-corrected chi connectivity index (χ4v) is 8.76. The van der Waals surface area contributed by atoms with Crippen molar-refractivity contribution in [1.29, 1.82) is 0 Å². The van der Waals surface area contributed by atoms with Crippen LogP contribution >= 0.6 is 7.60 Å². The molecule has 35 heteroatoms. The number of aliphatic carboxylic acids is 1. The highest BCUT2D eigenvalue weighted by molar-refractivity contribution is 7.54. The number of amides is 7. The van der Waals surface area contributed by atoms with Crippen molar-refractivity contribution >= 4 is 86.1 Å². The summed E-state index contributed by atoms with van der Waals surface area (Å²) in [5.41, 5.74) is -5.12. The number of aldehydes is 2. The summed E-state index contributed by atoms with van der Waals surface area (Å²) < 4.78 is 89.9. The fourth-order valence-electron chi connectivity index (χ4n) is 7.10. The number of allylic oxidation sites excluding steroid dienone is 3. The molecule has 0 aromatic rings. The van der Waals surface area contributed by atoms with Crippen LogP contribution in [0.3, 0.4) is 0 Å². The first-order valence-corrected chi connectivity index (χ1v) is 35.1. The van der Waals surface area contributed by atoms with Gasteiger partial charge in [0.2, 0.25) is 48.4 Å². The Kier molecular flexibility index (Phi) is 58.7. The molecule has 0 aromatic carbocycles. The van der Waals surface area contributed by atoms with E-state index in [1.54, 1.807) is 186 Å². The zero-order valence-electron chi connectivity index (χ0n) is 69.2. The molecule has 4 unspecified atom stereocenters. The van der Waals surface area contributed by atoms with Gasteiger partial charge in [0.15, 0.2) is 0 Å². The molecule has 0 bridgehead atoms. The van der Waals surface area contributed by atoms with E-state index in [-0.39, 0.29) is 72.2 Å². The van der Waals surface area contributed by atoms with Gasteiger partial charge in [-0.1, -0.05) is 102 Å². The van der Waals surface area contributed by atoms with Gasteiger partial charge in [-0.3, -0.25) is 23.7 Å². The lowest BCUT2D eigenvalue weighted by molar-refractivity contribution is -0.173. The Morgan fingerprint density at radius 2 is 0.679 bits per heavy atom. The number of alkyl halides is 3. The molecular formula is C74H139F3N7O24P. The Balaban J connectivity index is -0.000000161. The molecule has 109 heavy (non-hydrogen) atoms. The van der Waals surface area contributed by atoms with E-state index >= 15 is 0 Å². The predicted molar refractivity (Wildman–Crippen MR) is 413 cm³/mol. The molecule has 7 amide bonds. The monoisotopic (exact) mass is 1600 g/mol. The van der Waals surface area contributed by atoms with Crippen LogP contribution in [0.5, 0.6) is 0 Å². The summed E-state index contributed by atoms with van der Waals surface area (Å²) in [5, 5.41) is 9.24. The van der Waals surface area contributed by atoms with Gasteiger partial charge in [0, 0.05) is 127 Å². The molecule has 640 valence electrons. The van der Waals surface area contributed by atoms with Crippen LogP contribution in [0, 0.1) is 21.7 Å². The molecule has 1 N–H and O–H groups in total. The number of esters is 3. The normalized spacial score (nSPS) is 12.6. The lowest BCUT2D eigenvalue weighted by atomic mass is 9.82. The van der Waals surface area contributed by atoms with Crippen LogP contribution in [0.2, 0.25) is 0 Å². The van der Waals surface area contributed by atoms with Crippen LogP contribution in [0.25, 0.3) is 0 Å². The van der Waals surface area contributed by atoms with Crippen molar-refractivity contribution < 1.29 is 127 Å². The molecule has 0 radical (unpaired) electrons. The number of carbonyl (C=O) groups is 13. The van der Waals surface area contributed by atoms with E-state index in [9.17, 15) is 80.4 Å². The number of carboxylic acid groups (broad SMARTS) is 1. The third-order valence-electron chi connectivity index (χ3n) is 12.7. The maximum Gasteiger partial charge on any atom is 0.446 e. The molecule has 0 aliphatic carbocycles. The van der Waals surface area contributed by atoms with E-state index in [2.05, 4.69) is 0 Å². The molecule has 31 nitrogen and oxygen atoms in total. The van der Waals surface area contributed by atoms with Gasteiger partial charge < -0.3 is 86.4 Å². The molecule has 0 saturated carbocycles. The first kappa shape index (κ1) is 119. The molecule has 0 fully saturated rings. The Labute approximate surface area is 649 Å². The zero-order chi connectivity index (χ0) is 85.5. The lowest BCUT2D eigenvalue weighted by Crippen LogP contribution is -2.45. The first-order chi connectivity index (χ1) is 47.5. The van der Waals surface area contributed by atoms with Crippen molar-refractivity contribution in [3.05, 3.63) is 36.5 Å². The number of carboxylic acids is 1. The van der Waals surface area contributed by atoms with Crippen LogP contribution < -0.4 is 0 Å². The van der Waals surface area contributed by atoms with Gasteiger partial charge >= 0.3 is 62.0 Å². The third kappa shape index (κ3) is 57.6. The summed E-state index contributed by atoms with van der Waals surface area (Å²) in [7, 11) is 18.7. The van der Waals surface area contributed by atoms with Gasteiger partial charge in [-0.15, -0.1) is 0 Å². The first-order valence-electron chi connectivity index (χ1n) is 33.4. The van der Waals surface area contributed by atoms with Crippen molar-refractivity contribution in [3.8, 4) is 0 Å². The van der Waals surface area contributed by atoms with Gasteiger partial charge in [-0.05, 0) is 108 Å². The van der Waals surface area contributed by atoms with Crippen LogP contribution in [-0.4, -0.2) is 283 Å². The van der Waals surface area contributed by atoms with E-state index in [0.29, 0.717) is 12.7 Å². The fraction of sp³-hybridized carbons (Fsp3) is 0.743. The maximum atomic E-state index is 12.6. The summed E-state index contributed by atoms with van der Waals surface area (Å²) >= 11 is 0. The quantitative estimate of drug-likeness (QED) is 0.0199. The van der Waals surface area contributed by atoms with Crippen LogP contribution in [0.4, 0.5) is 32.3 Å². The van der Waals surface area contributed by atoms with Crippen LogP contribution in [-0.2, 0) is 89.9 Å². The average Bonchev–Trinajstić information content (AvgIpc) is 0.842. The van der Waals surface area contributed by atoms with E-state index in [1.165, 1.54) is 83.8 Å². The Hall–Kier alpha value is -8.13. The summed E-state index contributed by atoms with van der Waals surface area (Å²) in [5.74, 6) is -3.63. The highest BCUT2D eigenvalue weighted by atomic mass is 31.2. The number of hydrogen-bond donors (Lipinski definition) is 1. The minimum atomic E-state index is -4.64. The van der Waals surface area contributed by atoms with Crippen LogP contribution in [0.15, 0.2) is 36.5 Å². The number of hydrogen-bond acceptors (Lipinski definition) is 23. The predicted octanol–water partition coefficient (Wildman–Crippen LogP) is 12.7. The second-order valence-electron chi connectivity index (χ2n) is 30.5. The number of nitrogens with zero attached hydrogens (tertiary/aromatic N) is 7. The highest BCUT2D eigenvalue weighted by Gasteiger charge is 2.44. The molecule has 0 aromatic heterocycles. The summed E-state index contributed by atoms with van der Waals surface area (Å²) in [6, 6.07) is 0. The van der Waals surface area contributed by atoms with Crippen molar-refractivity contribution in [2.75, 3.05) is 118 Å². The van der Waals surface area contributed by atoms with E-state index in [0.717, 1.165) is 4.90 Å². The summed E-state index contributed by atoms with van der Waals surface area (Å²) in [6.45, 7) is 35.5. The second-order valence-corrected chi connectivity index (χ2v) is 32.5. The van der Waals surface area contributed by atoms with E-state index in [1.807, 2.05) is 32.9 Å². The molecular weight excluding hydrogens is 1460 g/mol. The number of rotatable bonds is 27. The van der Waals surface area contributed by atoms with Gasteiger partial charge in [-0.25, -0.2) is 38.4 Å². The Bertz CT molecular complexity index is 2930. The maximum absolute atomic E-state index is 12.6. The topological polar surface area (TPSA) is 365 Å². The van der Waals surface area contributed by atoms with Gasteiger partial charge in [0.25, 0.3) is 0 Å². The number of ether oxygens (including phenoxy) is 7.